The second-order valence-electron chi connectivity index (χ2n) is 5.25. The van der Waals surface area contributed by atoms with Crippen LogP contribution in [0.2, 0.25) is 0 Å². The van der Waals surface area contributed by atoms with E-state index in [0.717, 1.165) is 22.6 Å². The molecule has 5 heteroatoms. The van der Waals surface area contributed by atoms with Crippen molar-refractivity contribution in [3.63, 3.8) is 0 Å². The van der Waals surface area contributed by atoms with E-state index in [4.69, 9.17) is 4.74 Å². The maximum absolute atomic E-state index is 13.7. The average Bonchev–Trinajstić information content (AvgIpc) is 2.44. The summed E-state index contributed by atoms with van der Waals surface area (Å²) in [4.78, 5) is 4.28. The van der Waals surface area contributed by atoms with E-state index in [9.17, 15) is 9.50 Å². The van der Waals surface area contributed by atoms with Crippen molar-refractivity contribution in [2.45, 2.75) is 5.75 Å². The molecule has 0 saturated carbocycles. The van der Waals surface area contributed by atoms with Gasteiger partial charge in [0.25, 0.3) is 0 Å². The van der Waals surface area contributed by atoms with Crippen LogP contribution in [0.25, 0.3) is 10.9 Å². The lowest BCUT2D eigenvalue weighted by Crippen LogP contribution is -2.47. The average molecular weight is 293 g/mol. The van der Waals surface area contributed by atoms with Crippen LogP contribution in [0, 0.1) is 11.2 Å². The molecule has 2 aromatic rings. The lowest BCUT2D eigenvalue weighted by molar-refractivity contribution is -0.121. The highest BCUT2D eigenvalue weighted by Crippen LogP contribution is 2.33. The number of pyridine rings is 1. The lowest BCUT2D eigenvalue weighted by atomic mass is 9.90. The minimum atomic E-state index is -0.235. The zero-order chi connectivity index (χ0) is 14.0. The maximum Gasteiger partial charge on any atom is 0.132 e. The molecular weight excluding hydrogens is 277 g/mol. The number of hydrogen-bond donors (Lipinski definition) is 1. The minimum Gasteiger partial charge on any atom is -0.396 e. The molecule has 1 aromatic heterocycles. The van der Waals surface area contributed by atoms with Gasteiger partial charge in [-0.3, -0.25) is 4.98 Å². The Balaban J connectivity index is 1.73. The quantitative estimate of drug-likeness (QED) is 0.920. The van der Waals surface area contributed by atoms with E-state index in [1.165, 1.54) is 6.07 Å². The van der Waals surface area contributed by atoms with Gasteiger partial charge in [-0.2, -0.15) is 11.8 Å². The number of fused-ring (bicyclic) bond motifs is 1. The fraction of sp³-hybridized carbons (Fsp3) is 0.400. The summed E-state index contributed by atoms with van der Waals surface area (Å²) in [6.45, 7) is 1.40. The summed E-state index contributed by atoms with van der Waals surface area (Å²) < 4.78 is 18.9. The summed E-state index contributed by atoms with van der Waals surface area (Å²) >= 11 is 1.73. The predicted octanol–water partition coefficient (Wildman–Crippen LogP) is 2.62. The van der Waals surface area contributed by atoms with Crippen molar-refractivity contribution < 1.29 is 14.2 Å². The molecule has 1 aliphatic rings. The highest BCUT2D eigenvalue weighted by Gasteiger charge is 2.37. The zero-order valence-electron chi connectivity index (χ0n) is 11.0. The lowest BCUT2D eigenvalue weighted by Gasteiger charge is -2.39. The first-order valence-electron chi connectivity index (χ1n) is 6.53. The molecule has 0 unspecified atom stereocenters. The minimum absolute atomic E-state index is 0.0894. The molecule has 3 nitrogen and oxygen atoms in total. The molecule has 2 heterocycles. The Kier molecular flexibility index (Phi) is 3.92. The Morgan fingerprint density at radius 2 is 2.20 bits per heavy atom. The Morgan fingerprint density at radius 3 is 2.90 bits per heavy atom. The third-order valence-corrected chi connectivity index (χ3v) is 4.95. The first-order chi connectivity index (χ1) is 9.74. The van der Waals surface area contributed by atoms with Crippen LogP contribution < -0.4 is 0 Å². The molecule has 1 aromatic carbocycles. The fourth-order valence-electron chi connectivity index (χ4n) is 2.30. The number of rotatable bonds is 5. The topological polar surface area (TPSA) is 42.4 Å². The van der Waals surface area contributed by atoms with Crippen molar-refractivity contribution in [3.05, 3.63) is 41.8 Å². The molecule has 1 aliphatic heterocycles. The van der Waals surface area contributed by atoms with Crippen molar-refractivity contribution in [2.75, 3.05) is 25.6 Å². The van der Waals surface area contributed by atoms with Gasteiger partial charge in [0, 0.05) is 28.5 Å². The summed E-state index contributed by atoms with van der Waals surface area (Å²) in [5.74, 6) is 1.37. The van der Waals surface area contributed by atoms with Crippen LogP contribution in [-0.4, -0.2) is 35.7 Å². The van der Waals surface area contributed by atoms with Gasteiger partial charge in [-0.25, -0.2) is 4.39 Å². The van der Waals surface area contributed by atoms with Gasteiger partial charge in [-0.15, -0.1) is 0 Å². The normalized spacial score (nSPS) is 17.1. The SMILES string of the molecule is OCC1(CSCc2ccc(F)c3cccnc23)COC1. The number of aromatic nitrogens is 1. The molecule has 1 N–H and O–H groups in total. The highest BCUT2D eigenvalue weighted by atomic mass is 32.2. The van der Waals surface area contributed by atoms with Crippen molar-refractivity contribution >= 4 is 22.7 Å². The van der Waals surface area contributed by atoms with Gasteiger partial charge in [0.15, 0.2) is 0 Å². The largest absolute Gasteiger partial charge is 0.396 e. The Morgan fingerprint density at radius 1 is 1.35 bits per heavy atom. The van der Waals surface area contributed by atoms with Crippen LogP contribution in [-0.2, 0) is 10.5 Å². The number of halogens is 1. The number of aliphatic hydroxyl groups excluding tert-OH is 1. The maximum atomic E-state index is 13.7. The zero-order valence-corrected chi connectivity index (χ0v) is 11.8. The van der Waals surface area contributed by atoms with E-state index in [1.54, 1.807) is 36.2 Å². The van der Waals surface area contributed by atoms with Gasteiger partial charge in [0.05, 0.1) is 25.3 Å². The number of thioether (sulfide) groups is 1. The molecule has 1 fully saturated rings. The van der Waals surface area contributed by atoms with Crippen LogP contribution >= 0.6 is 11.8 Å². The van der Waals surface area contributed by atoms with Crippen LogP contribution in [0.15, 0.2) is 30.5 Å². The van der Waals surface area contributed by atoms with Crippen molar-refractivity contribution in [1.29, 1.82) is 0 Å². The third kappa shape index (κ3) is 2.53. The van der Waals surface area contributed by atoms with E-state index in [-0.39, 0.29) is 17.8 Å². The molecule has 1 saturated heterocycles. The standard InChI is InChI=1S/C15H16FNO2S/c16-13-4-3-11(14-12(13)2-1-5-17-14)6-20-10-15(7-18)8-19-9-15/h1-5,18H,6-10H2. The van der Waals surface area contributed by atoms with Gasteiger partial charge in [-0.1, -0.05) is 6.07 Å². The summed E-state index contributed by atoms with van der Waals surface area (Å²) in [5, 5.41) is 9.95. The molecule has 0 atom stereocenters. The Bertz CT molecular complexity index is 610. The number of nitrogens with zero attached hydrogens (tertiary/aromatic N) is 1. The molecule has 0 spiro atoms. The van der Waals surface area contributed by atoms with E-state index in [0.29, 0.717) is 18.6 Å². The van der Waals surface area contributed by atoms with Crippen molar-refractivity contribution in [1.82, 2.24) is 4.98 Å². The second-order valence-corrected chi connectivity index (χ2v) is 6.24. The highest BCUT2D eigenvalue weighted by molar-refractivity contribution is 7.98. The summed E-state index contributed by atoms with van der Waals surface area (Å²) in [6, 6.07) is 6.78. The predicted molar refractivity (Wildman–Crippen MR) is 78.2 cm³/mol. The smallest absolute Gasteiger partial charge is 0.132 e. The monoisotopic (exact) mass is 293 g/mol. The summed E-state index contributed by atoms with van der Waals surface area (Å²) in [5.41, 5.74) is 1.66. The molecular formula is C15H16FNO2S. The molecule has 106 valence electrons. The first-order valence-corrected chi connectivity index (χ1v) is 7.68. The van der Waals surface area contributed by atoms with E-state index in [2.05, 4.69) is 4.98 Å². The second kappa shape index (κ2) is 5.68. The van der Waals surface area contributed by atoms with Crippen LogP contribution in [0.3, 0.4) is 0 Å². The number of ether oxygens (including phenoxy) is 1. The molecule has 0 radical (unpaired) electrons. The molecule has 0 aliphatic carbocycles. The number of hydrogen-bond acceptors (Lipinski definition) is 4. The Labute approximate surface area is 121 Å². The van der Waals surface area contributed by atoms with E-state index < -0.39 is 0 Å². The van der Waals surface area contributed by atoms with Crippen molar-refractivity contribution in [2.24, 2.45) is 5.41 Å². The van der Waals surface area contributed by atoms with Crippen LogP contribution in [0.4, 0.5) is 4.39 Å². The van der Waals surface area contributed by atoms with Gasteiger partial charge < -0.3 is 9.84 Å². The van der Waals surface area contributed by atoms with E-state index in [1.807, 2.05) is 0 Å². The molecule has 0 bridgehead atoms. The van der Waals surface area contributed by atoms with Gasteiger partial charge in [-0.05, 0) is 23.8 Å². The fourth-order valence-corrected chi connectivity index (χ4v) is 3.55. The number of aliphatic hydroxyl groups is 1. The summed E-state index contributed by atoms with van der Waals surface area (Å²) in [7, 11) is 0. The Hall–Kier alpha value is -1.17. The first kappa shape index (κ1) is 13.8. The summed E-state index contributed by atoms with van der Waals surface area (Å²) in [6.07, 6.45) is 1.69. The van der Waals surface area contributed by atoms with Crippen LogP contribution in [0.5, 0.6) is 0 Å². The molecule has 0 amide bonds. The van der Waals surface area contributed by atoms with Gasteiger partial charge in [0.2, 0.25) is 0 Å². The van der Waals surface area contributed by atoms with Crippen molar-refractivity contribution in [3.8, 4) is 0 Å². The molecule has 3 rings (SSSR count). The van der Waals surface area contributed by atoms with Gasteiger partial charge in [0.1, 0.15) is 5.82 Å². The van der Waals surface area contributed by atoms with Gasteiger partial charge >= 0.3 is 0 Å². The van der Waals surface area contributed by atoms with Crippen LogP contribution in [0.1, 0.15) is 5.56 Å². The van der Waals surface area contributed by atoms with E-state index >= 15 is 0 Å². The molecule has 20 heavy (non-hydrogen) atoms. The number of benzene rings is 1. The third-order valence-electron chi connectivity index (χ3n) is 3.62.